The lowest BCUT2D eigenvalue weighted by Crippen LogP contribution is -2.32. The molecule has 1 rings (SSSR count). The molecule has 0 aliphatic heterocycles. The van der Waals surface area contributed by atoms with Gasteiger partial charge in [-0.3, -0.25) is 0 Å². The van der Waals surface area contributed by atoms with E-state index < -0.39 is 0 Å². The lowest BCUT2D eigenvalue weighted by Gasteiger charge is -2.23. The van der Waals surface area contributed by atoms with E-state index in [1.54, 1.807) is 11.3 Å². The number of hydrogen-bond donors (Lipinski definition) is 3. The van der Waals surface area contributed by atoms with Crippen LogP contribution in [0, 0.1) is 5.41 Å². The van der Waals surface area contributed by atoms with Crippen molar-refractivity contribution in [1.82, 2.24) is 10.3 Å². The van der Waals surface area contributed by atoms with Crippen LogP contribution in [0.3, 0.4) is 0 Å². The van der Waals surface area contributed by atoms with Gasteiger partial charge < -0.3 is 16.3 Å². The maximum absolute atomic E-state index is 8.68. The van der Waals surface area contributed by atoms with Crippen LogP contribution >= 0.6 is 11.3 Å². The van der Waals surface area contributed by atoms with Gasteiger partial charge in [-0.15, -0.1) is 11.3 Å². The molecule has 0 saturated heterocycles. The average molecular weight is 270 g/mol. The zero-order valence-electron chi connectivity index (χ0n) is 11.2. The number of amidine groups is 1. The van der Waals surface area contributed by atoms with Crippen molar-refractivity contribution in [3.8, 4) is 0 Å². The second-order valence-corrected chi connectivity index (χ2v) is 5.94. The van der Waals surface area contributed by atoms with Gasteiger partial charge in [0.25, 0.3) is 0 Å². The second-order valence-electron chi connectivity index (χ2n) is 5.02. The Labute approximate surface area is 112 Å². The molecule has 1 atom stereocenters. The summed E-state index contributed by atoms with van der Waals surface area (Å²) in [6, 6.07) is 0.275. The smallest absolute Gasteiger partial charge is 0.144 e. The van der Waals surface area contributed by atoms with Crippen molar-refractivity contribution >= 4 is 17.2 Å². The van der Waals surface area contributed by atoms with Crippen LogP contribution in [-0.2, 0) is 0 Å². The average Bonchev–Trinajstić information content (AvgIpc) is 2.87. The van der Waals surface area contributed by atoms with Gasteiger partial charge in [0.2, 0.25) is 0 Å². The Balaban J connectivity index is 2.27. The summed E-state index contributed by atoms with van der Waals surface area (Å²) in [5.74, 6) is 0.287. The van der Waals surface area contributed by atoms with Crippen LogP contribution in [0.4, 0.5) is 0 Å². The van der Waals surface area contributed by atoms with Gasteiger partial charge in [0.1, 0.15) is 10.8 Å². The minimum atomic E-state index is -0.263. The largest absolute Gasteiger partial charge is 0.409 e. The van der Waals surface area contributed by atoms with Crippen LogP contribution in [0.15, 0.2) is 16.7 Å². The SMILES string of the molecule is CC(NCCCC(C)(C)C(N)=NO)c1nccs1. The molecule has 0 amide bonds. The van der Waals surface area contributed by atoms with Gasteiger partial charge >= 0.3 is 0 Å². The number of nitrogens with one attached hydrogen (secondary N) is 1. The number of rotatable bonds is 7. The van der Waals surface area contributed by atoms with Gasteiger partial charge in [-0.2, -0.15) is 0 Å². The Hall–Kier alpha value is -1.14. The summed E-state index contributed by atoms with van der Waals surface area (Å²) in [4.78, 5) is 4.27. The van der Waals surface area contributed by atoms with Crippen LogP contribution in [0.2, 0.25) is 0 Å². The van der Waals surface area contributed by atoms with E-state index in [0.29, 0.717) is 0 Å². The van der Waals surface area contributed by atoms with Gasteiger partial charge in [0.15, 0.2) is 0 Å². The van der Waals surface area contributed by atoms with Crippen molar-refractivity contribution in [1.29, 1.82) is 0 Å². The summed E-state index contributed by atoms with van der Waals surface area (Å²) < 4.78 is 0. The second kappa shape index (κ2) is 6.70. The monoisotopic (exact) mass is 270 g/mol. The molecule has 0 saturated carbocycles. The van der Waals surface area contributed by atoms with Crippen molar-refractivity contribution in [2.75, 3.05) is 6.54 Å². The summed E-state index contributed by atoms with van der Waals surface area (Å²) in [5, 5.41) is 18.3. The van der Waals surface area contributed by atoms with E-state index in [1.807, 2.05) is 25.4 Å². The lowest BCUT2D eigenvalue weighted by molar-refractivity contribution is 0.304. The molecular weight excluding hydrogens is 248 g/mol. The number of nitrogens with two attached hydrogens (primary N) is 1. The molecule has 1 heterocycles. The number of oxime groups is 1. The molecule has 0 bridgehead atoms. The van der Waals surface area contributed by atoms with Crippen molar-refractivity contribution in [2.45, 2.75) is 39.7 Å². The first-order chi connectivity index (χ1) is 8.47. The van der Waals surface area contributed by atoms with E-state index in [2.05, 4.69) is 22.4 Å². The van der Waals surface area contributed by atoms with E-state index in [9.17, 15) is 0 Å². The predicted octanol–water partition coefficient (Wildman–Crippen LogP) is 2.35. The van der Waals surface area contributed by atoms with Gasteiger partial charge in [-0.05, 0) is 26.3 Å². The maximum atomic E-state index is 8.68. The fourth-order valence-corrected chi connectivity index (χ4v) is 2.32. The highest BCUT2D eigenvalue weighted by Gasteiger charge is 2.22. The zero-order chi connectivity index (χ0) is 13.6. The van der Waals surface area contributed by atoms with Crippen LogP contribution in [0.1, 0.15) is 44.7 Å². The highest BCUT2D eigenvalue weighted by atomic mass is 32.1. The zero-order valence-corrected chi connectivity index (χ0v) is 12.0. The molecule has 0 aliphatic carbocycles. The Morgan fingerprint density at radius 2 is 2.39 bits per heavy atom. The topological polar surface area (TPSA) is 83.5 Å². The molecule has 1 aromatic rings. The van der Waals surface area contributed by atoms with E-state index in [-0.39, 0.29) is 17.3 Å². The van der Waals surface area contributed by atoms with Crippen LogP contribution in [-0.4, -0.2) is 22.6 Å². The number of thiazole rings is 1. The Morgan fingerprint density at radius 3 is 2.94 bits per heavy atom. The first-order valence-corrected chi connectivity index (χ1v) is 6.96. The highest BCUT2D eigenvalue weighted by molar-refractivity contribution is 7.09. The lowest BCUT2D eigenvalue weighted by atomic mass is 9.86. The fraction of sp³-hybridized carbons (Fsp3) is 0.667. The van der Waals surface area contributed by atoms with Gasteiger partial charge in [-0.25, -0.2) is 4.98 Å². The summed E-state index contributed by atoms with van der Waals surface area (Å²) in [6.45, 7) is 6.95. The molecule has 0 aromatic carbocycles. The predicted molar refractivity (Wildman–Crippen MR) is 75.0 cm³/mol. The molecule has 0 fully saturated rings. The summed E-state index contributed by atoms with van der Waals surface area (Å²) in [7, 11) is 0. The molecule has 0 radical (unpaired) electrons. The Morgan fingerprint density at radius 1 is 1.67 bits per heavy atom. The Kier molecular flexibility index (Phi) is 5.55. The van der Waals surface area contributed by atoms with Crippen molar-refractivity contribution in [3.63, 3.8) is 0 Å². The molecular formula is C12H22N4OS. The third-order valence-electron chi connectivity index (χ3n) is 3.05. The van der Waals surface area contributed by atoms with E-state index in [0.717, 1.165) is 24.4 Å². The van der Waals surface area contributed by atoms with Gasteiger partial charge in [-0.1, -0.05) is 19.0 Å². The van der Waals surface area contributed by atoms with E-state index in [1.165, 1.54) is 0 Å². The third kappa shape index (κ3) is 4.27. The first kappa shape index (κ1) is 14.9. The minimum absolute atomic E-state index is 0.263. The molecule has 1 unspecified atom stereocenters. The molecule has 5 nitrogen and oxygen atoms in total. The van der Waals surface area contributed by atoms with E-state index >= 15 is 0 Å². The maximum Gasteiger partial charge on any atom is 0.144 e. The first-order valence-electron chi connectivity index (χ1n) is 6.08. The third-order valence-corrected chi connectivity index (χ3v) is 4.01. The molecule has 6 heteroatoms. The fourth-order valence-electron chi connectivity index (χ4n) is 1.65. The van der Waals surface area contributed by atoms with Crippen molar-refractivity contribution in [2.24, 2.45) is 16.3 Å². The summed E-state index contributed by atoms with van der Waals surface area (Å²) in [5.41, 5.74) is 5.38. The van der Waals surface area contributed by atoms with Gasteiger partial charge in [0.05, 0.1) is 6.04 Å². The standard InChI is InChI=1S/C12H22N4OS/c1-9(10-15-7-8-18-10)14-6-4-5-12(2,3)11(13)16-17/h7-9,14,17H,4-6H2,1-3H3,(H2,13,16). The highest BCUT2D eigenvalue weighted by Crippen LogP contribution is 2.22. The number of aromatic nitrogens is 1. The van der Waals surface area contributed by atoms with E-state index in [4.69, 9.17) is 10.9 Å². The summed E-state index contributed by atoms with van der Waals surface area (Å²) >= 11 is 1.66. The van der Waals surface area contributed by atoms with Crippen LogP contribution in [0.25, 0.3) is 0 Å². The van der Waals surface area contributed by atoms with Crippen molar-refractivity contribution in [3.05, 3.63) is 16.6 Å². The quantitative estimate of drug-likeness (QED) is 0.233. The Bertz CT molecular complexity index is 375. The van der Waals surface area contributed by atoms with Crippen LogP contribution < -0.4 is 11.1 Å². The normalized spacial score (nSPS) is 14.7. The number of hydrogen-bond acceptors (Lipinski definition) is 5. The number of nitrogens with zero attached hydrogens (tertiary/aromatic N) is 2. The van der Waals surface area contributed by atoms with Crippen molar-refractivity contribution < 1.29 is 5.21 Å². The van der Waals surface area contributed by atoms with Crippen LogP contribution in [0.5, 0.6) is 0 Å². The van der Waals surface area contributed by atoms with Gasteiger partial charge in [0, 0.05) is 17.0 Å². The molecule has 0 spiro atoms. The molecule has 102 valence electrons. The molecule has 4 N–H and O–H groups in total. The molecule has 1 aromatic heterocycles. The molecule has 18 heavy (non-hydrogen) atoms. The molecule has 0 aliphatic rings. The summed E-state index contributed by atoms with van der Waals surface area (Å²) in [6.07, 6.45) is 3.67. The minimum Gasteiger partial charge on any atom is -0.409 e.